The van der Waals surface area contributed by atoms with Crippen molar-refractivity contribution in [3.8, 4) is 11.8 Å². The summed E-state index contributed by atoms with van der Waals surface area (Å²) >= 11 is 0. The molecule has 0 bridgehead atoms. The number of carbonyl (C=O) groups excluding carboxylic acids is 2. The lowest BCUT2D eigenvalue weighted by molar-refractivity contribution is -0.150. The van der Waals surface area contributed by atoms with E-state index in [2.05, 4.69) is 18.8 Å². The van der Waals surface area contributed by atoms with Gasteiger partial charge in [0.05, 0.1) is 26.1 Å². The largest absolute Gasteiger partial charge is 0.466 e. The summed E-state index contributed by atoms with van der Waals surface area (Å²) in [5.41, 5.74) is 0. The van der Waals surface area contributed by atoms with E-state index in [4.69, 9.17) is 9.47 Å². The molecule has 0 spiro atoms. The molecule has 132 valence electrons. The lowest BCUT2D eigenvalue weighted by Gasteiger charge is -2.05. The van der Waals surface area contributed by atoms with Crippen LogP contribution in [0, 0.1) is 11.8 Å². The van der Waals surface area contributed by atoms with E-state index in [0.29, 0.717) is 13.2 Å². The van der Waals surface area contributed by atoms with Gasteiger partial charge in [0.2, 0.25) is 0 Å². The molecule has 0 heterocycles. The maximum atomic E-state index is 11.4. The fraction of sp³-hybridized carbons (Fsp3) is 0.789. The fourth-order valence-electron chi connectivity index (χ4n) is 1.99. The van der Waals surface area contributed by atoms with E-state index in [1.54, 1.807) is 0 Å². The molecule has 0 N–H and O–H groups in total. The molecule has 23 heavy (non-hydrogen) atoms. The van der Waals surface area contributed by atoms with Crippen molar-refractivity contribution in [2.24, 2.45) is 0 Å². The molecule has 0 radical (unpaired) electrons. The van der Waals surface area contributed by atoms with E-state index in [9.17, 15) is 9.59 Å². The predicted molar refractivity (Wildman–Crippen MR) is 91.8 cm³/mol. The molecule has 0 saturated heterocycles. The second-order valence-electron chi connectivity index (χ2n) is 5.52. The number of hydrogen-bond acceptors (Lipinski definition) is 4. The molecule has 0 amide bonds. The quantitative estimate of drug-likeness (QED) is 0.286. The van der Waals surface area contributed by atoms with Gasteiger partial charge in [-0.25, -0.2) is 0 Å². The average molecular weight is 324 g/mol. The van der Waals surface area contributed by atoms with E-state index in [1.165, 1.54) is 25.7 Å². The summed E-state index contributed by atoms with van der Waals surface area (Å²) in [5.74, 6) is 5.59. The zero-order chi connectivity index (χ0) is 17.2. The average Bonchev–Trinajstić information content (AvgIpc) is 2.56. The van der Waals surface area contributed by atoms with Crippen LogP contribution >= 0.6 is 0 Å². The molecule has 4 heteroatoms. The standard InChI is InChI=1S/C19H32O4/c1-3-5-6-7-8-9-10-11-12-13-17-23-19(21)15-14-18(20)22-16-4-2/h3-4,7-17H2,1-2H3. The molecule has 0 atom stereocenters. The molecule has 0 aromatic carbocycles. The van der Waals surface area contributed by atoms with Gasteiger partial charge in [0.15, 0.2) is 0 Å². The molecule has 0 aliphatic carbocycles. The zero-order valence-corrected chi connectivity index (χ0v) is 14.8. The highest BCUT2D eigenvalue weighted by Gasteiger charge is 2.08. The van der Waals surface area contributed by atoms with Crippen LogP contribution in [0.2, 0.25) is 0 Å². The van der Waals surface area contributed by atoms with Crippen LogP contribution in [-0.4, -0.2) is 25.2 Å². The Morgan fingerprint density at radius 2 is 1.30 bits per heavy atom. The van der Waals surface area contributed by atoms with E-state index >= 15 is 0 Å². The van der Waals surface area contributed by atoms with Gasteiger partial charge in [0.25, 0.3) is 0 Å². The van der Waals surface area contributed by atoms with E-state index in [-0.39, 0.29) is 24.8 Å². The number of carbonyl (C=O) groups is 2. The summed E-state index contributed by atoms with van der Waals surface area (Å²) in [5, 5.41) is 0. The van der Waals surface area contributed by atoms with Crippen LogP contribution in [0.25, 0.3) is 0 Å². The first-order chi connectivity index (χ1) is 11.2. The highest BCUT2D eigenvalue weighted by molar-refractivity contribution is 5.77. The molecule has 0 fully saturated rings. The number of esters is 2. The Labute approximate surface area is 141 Å². The smallest absolute Gasteiger partial charge is 0.306 e. The second-order valence-corrected chi connectivity index (χ2v) is 5.52. The lowest BCUT2D eigenvalue weighted by atomic mass is 10.1. The van der Waals surface area contributed by atoms with Crippen LogP contribution in [0.3, 0.4) is 0 Å². The topological polar surface area (TPSA) is 52.6 Å². The maximum Gasteiger partial charge on any atom is 0.306 e. The third-order valence-corrected chi connectivity index (χ3v) is 3.26. The fourth-order valence-corrected chi connectivity index (χ4v) is 1.99. The molecule has 0 rings (SSSR count). The Hall–Kier alpha value is -1.50. The Bertz CT molecular complexity index is 365. The van der Waals surface area contributed by atoms with Gasteiger partial charge in [-0.2, -0.15) is 0 Å². The summed E-state index contributed by atoms with van der Waals surface area (Å²) in [6.07, 6.45) is 9.71. The van der Waals surface area contributed by atoms with Crippen LogP contribution in [0.5, 0.6) is 0 Å². The number of ether oxygens (including phenoxy) is 2. The summed E-state index contributed by atoms with van der Waals surface area (Å²) in [4.78, 5) is 22.7. The van der Waals surface area contributed by atoms with E-state index in [1.807, 2.05) is 6.92 Å². The van der Waals surface area contributed by atoms with E-state index < -0.39 is 0 Å². The zero-order valence-electron chi connectivity index (χ0n) is 14.8. The summed E-state index contributed by atoms with van der Waals surface area (Å²) in [6.45, 7) is 4.86. The molecule has 0 aliphatic heterocycles. The van der Waals surface area contributed by atoms with Crippen LogP contribution < -0.4 is 0 Å². The van der Waals surface area contributed by atoms with Crippen molar-refractivity contribution in [3.63, 3.8) is 0 Å². The molecular weight excluding hydrogens is 292 g/mol. The maximum absolute atomic E-state index is 11.4. The van der Waals surface area contributed by atoms with Crippen molar-refractivity contribution < 1.29 is 19.1 Å². The Morgan fingerprint density at radius 1 is 0.739 bits per heavy atom. The van der Waals surface area contributed by atoms with Gasteiger partial charge in [-0.3, -0.25) is 9.59 Å². The van der Waals surface area contributed by atoms with Crippen LogP contribution in [0.1, 0.15) is 84.5 Å². The number of hydrogen-bond donors (Lipinski definition) is 0. The molecule has 4 nitrogen and oxygen atoms in total. The Morgan fingerprint density at radius 3 is 1.91 bits per heavy atom. The van der Waals surface area contributed by atoms with Crippen molar-refractivity contribution in [2.75, 3.05) is 13.2 Å². The van der Waals surface area contributed by atoms with Gasteiger partial charge >= 0.3 is 11.9 Å². The first-order valence-electron chi connectivity index (χ1n) is 8.97. The summed E-state index contributed by atoms with van der Waals surface area (Å²) in [6, 6.07) is 0. The molecular formula is C19H32O4. The number of unbranched alkanes of at least 4 members (excludes halogenated alkanes) is 6. The third-order valence-electron chi connectivity index (χ3n) is 3.26. The third kappa shape index (κ3) is 16.7. The van der Waals surface area contributed by atoms with Gasteiger partial charge in [-0.1, -0.05) is 39.5 Å². The van der Waals surface area contributed by atoms with Crippen molar-refractivity contribution in [1.29, 1.82) is 0 Å². The first-order valence-corrected chi connectivity index (χ1v) is 8.97. The minimum atomic E-state index is -0.326. The minimum Gasteiger partial charge on any atom is -0.466 e. The summed E-state index contributed by atoms with van der Waals surface area (Å²) in [7, 11) is 0. The molecule has 0 aliphatic rings. The van der Waals surface area contributed by atoms with Gasteiger partial charge in [0, 0.05) is 12.8 Å². The summed E-state index contributed by atoms with van der Waals surface area (Å²) < 4.78 is 10.0. The molecule has 0 aromatic heterocycles. The van der Waals surface area contributed by atoms with Gasteiger partial charge < -0.3 is 9.47 Å². The van der Waals surface area contributed by atoms with Crippen molar-refractivity contribution in [1.82, 2.24) is 0 Å². The monoisotopic (exact) mass is 324 g/mol. The minimum absolute atomic E-state index is 0.111. The molecule has 0 aromatic rings. The van der Waals surface area contributed by atoms with Gasteiger partial charge in [-0.15, -0.1) is 11.8 Å². The highest BCUT2D eigenvalue weighted by atomic mass is 16.5. The number of rotatable bonds is 13. The van der Waals surface area contributed by atoms with Crippen molar-refractivity contribution >= 4 is 11.9 Å². The SMILES string of the molecule is CCC#CCCCCCCCCOC(=O)CCC(=O)OCCC. The van der Waals surface area contributed by atoms with Crippen molar-refractivity contribution in [3.05, 3.63) is 0 Å². The first kappa shape index (κ1) is 21.5. The Kier molecular flexibility index (Phi) is 15.8. The van der Waals surface area contributed by atoms with Crippen LogP contribution in [-0.2, 0) is 19.1 Å². The predicted octanol–water partition coefficient (Wildman–Crippen LogP) is 4.41. The molecule has 0 saturated carbocycles. The van der Waals surface area contributed by atoms with E-state index in [0.717, 1.165) is 32.1 Å². The van der Waals surface area contributed by atoms with Crippen LogP contribution in [0.15, 0.2) is 0 Å². The van der Waals surface area contributed by atoms with Gasteiger partial charge in [-0.05, 0) is 19.3 Å². The highest BCUT2D eigenvalue weighted by Crippen LogP contribution is 2.07. The molecule has 0 unspecified atom stereocenters. The lowest BCUT2D eigenvalue weighted by Crippen LogP contribution is -2.11. The van der Waals surface area contributed by atoms with Crippen LogP contribution in [0.4, 0.5) is 0 Å². The Balaban J connectivity index is 3.31. The van der Waals surface area contributed by atoms with Crippen molar-refractivity contribution in [2.45, 2.75) is 84.5 Å². The van der Waals surface area contributed by atoms with Gasteiger partial charge in [0.1, 0.15) is 0 Å². The second kappa shape index (κ2) is 16.9. The normalized spacial score (nSPS) is 9.83.